The number of H-pyrrole nitrogens is 1. The van der Waals surface area contributed by atoms with Crippen LogP contribution in [0, 0.1) is 13.8 Å². The standard InChI is InChI=1S/C19H27N5O2/c1-12(24-14(3)18(15(4)25)13(2)22-24)11-17(26)23-9-5-16(6-10-23)19-20-7-8-21-19/h7-8,12,16H,5-6,9-11H2,1-4H3,(H,20,21)/t12-/m0/s1. The van der Waals surface area contributed by atoms with Crippen molar-refractivity contribution in [2.24, 2.45) is 0 Å². The van der Waals surface area contributed by atoms with E-state index < -0.39 is 0 Å². The Morgan fingerprint density at radius 3 is 2.54 bits per heavy atom. The van der Waals surface area contributed by atoms with Gasteiger partial charge in [-0.15, -0.1) is 0 Å². The van der Waals surface area contributed by atoms with Crippen molar-refractivity contribution in [1.29, 1.82) is 0 Å². The number of Topliss-reactive ketones (excluding diaryl/α,β-unsaturated/α-hetero) is 1. The fraction of sp³-hybridized carbons (Fsp3) is 0.579. The summed E-state index contributed by atoms with van der Waals surface area (Å²) in [4.78, 5) is 33.9. The molecule has 0 saturated carbocycles. The fourth-order valence-electron chi connectivity index (χ4n) is 3.97. The first-order valence-corrected chi connectivity index (χ1v) is 9.22. The van der Waals surface area contributed by atoms with Gasteiger partial charge in [0.1, 0.15) is 5.82 Å². The molecule has 0 bridgehead atoms. The highest BCUT2D eigenvalue weighted by atomic mass is 16.2. The molecule has 7 nitrogen and oxygen atoms in total. The number of hydrogen-bond donors (Lipinski definition) is 1. The lowest BCUT2D eigenvalue weighted by Crippen LogP contribution is -2.39. The zero-order valence-corrected chi connectivity index (χ0v) is 16.0. The van der Waals surface area contributed by atoms with Crippen LogP contribution in [0.3, 0.4) is 0 Å². The number of carbonyl (C=O) groups excluding carboxylic acids is 2. The van der Waals surface area contributed by atoms with E-state index in [1.165, 1.54) is 0 Å². The molecule has 0 aromatic carbocycles. The molecule has 1 N–H and O–H groups in total. The molecule has 0 aliphatic carbocycles. The van der Waals surface area contributed by atoms with Gasteiger partial charge in [0.2, 0.25) is 5.91 Å². The number of rotatable bonds is 5. The monoisotopic (exact) mass is 357 g/mol. The van der Waals surface area contributed by atoms with Crippen LogP contribution in [0.15, 0.2) is 12.4 Å². The molecular formula is C19H27N5O2. The molecule has 3 rings (SSSR count). The number of imidazole rings is 1. The quantitative estimate of drug-likeness (QED) is 0.834. The highest BCUT2D eigenvalue weighted by Gasteiger charge is 2.27. The minimum atomic E-state index is -0.0721. The van der Waals surface area contributed by atoms with E-state index in [1.807, 2.05) is 36.5 Å². The van der Waals surface area contributed by atoms with Crippen molar-refractivity contribution in [1.82, 2.24) is 24.6 Å². The van der Waals surface area contributed by atoms with Gasteiger partial charge < -0.3 is 9.88 Å². The summed E-state index contributed by atoms with van der Waals surface area (Å²) in [5.74, 6) is 1.59. The number of piperidine rings is 1. The summed E-state index contributed by atoms with van der Waals surface area (Å²) in [6, 6.07) is -0.0721. The van der Waals surface area contributed by atoms with E-state index in [1.54, 1.807) is 13.1 Å². The summed E-state index contributed by atoms with van der Waals surface area (Å²) in [5.41, 5.74) is 2.24. The zero-order valence-electron chi connectivity index (χ0n) is 16.0. The second-order valence-corrected chi connectivity index (χ2v) is 7.23. The summed E-state index contributed by atoms with van der Waals surface area (Å²) in [5, 5.41) is 4.49. The third kappa shape index (κ3) is 3.57. The van der Waals surface area contributed by atoms with Crippen LogP contribution in [0.5, 0.6) is 0 Å². The van der Waals surface area contributed by atoms with E-state index in [0.717, 1.165) is 43.1 Å². The average Bonchev–Trinajstić information content (AvgIpc) is 3.23. The highest BCUT2D eigenvalue weighted by molar-refractivity contribution is 5.96. The lowest BCUT2D eigenvalue weighted by molar-refractivity contribution is -0.133. The number of ketones is 1. The fourth-order valence-corrected chi connectivity index (χ4v) is 3.97. The van der Waals surface area contributed by atoms with E-state index >= 15 is 0 Å². The maximum absolute atomic E-state index is 12.7. The summed E-state index contributed by atoms with van der Waals surface area (Å²) < 4.78 is 1.82. The number of hydrogen-bond acceptors (Lipinski definition) is 4. The van der Waals surface area contributed by atoms with Crippen LogP contribution < -0.4 is 0 Å². The van der Waals surface area contributed by atoms with Crippen molar-refractivity contribution in [3.8, 4) is 0 Å². The predicted octanol–water partition coefficient (Wildman–Crippen LogP) is 2.78. The van der Waals surface area contributed by atoms with Crippen molar-refractivity contribution < 1.29 is 9.59 Å². The van der Waals surface area contributed by atoms with E-state index in [4.69, 9.17) is 0 Å². The van der Waals surface area contributed by atoms with E-state index in [9.17, 15) is 9.59 Å². The third-order valence-electron chi connectivity index (χ3n) is 5.32. The van der Waals surface area contributed by atoms with Gasteiger partial charge in [-0.25, -0.2) is 4.98 Å². The molecule has 0 spiro atoms. The van der Waals surface area contributed by atoms with Gasteiger partial charge in [-0.3, -0.25) is 14.3 Å². The number of nitrogens with one attached hydrogen (secondary N) is 1. The Balaban J connectivity index is 1.60. The number of amides is 1. The first-order chi connectivity index (χ1) is 12.4. The molecule has 1 fully saturated rings. The van der Waals surface area contributed by atoms with Crippen LogP contribution >= 0.6 is 0 Å². The molecular weight excluding hydrogens is 330 g/mol. The molecule has 1 saturated heterocycles. The van der Waals surface area contributed by atoms with E-state index in [0.29, 0.717) is 17.9 Å². The van der Waals surface area contributed by atoms with Crippen LogP contribution in [0.1, 0.15) is 72.6 Å². The molecule has 2 aromatic heterocycles. The number of aryl methyl sites for hydroxylation is 1. The van der Waals surface area contributed by atoms with Crippen molar-refractivity contribution in [2.75, 3.05) is 13.1 Å². The van der Waals surface area contributed by atoms with Crippen LogP contribution in [-0.2, 0) is 4.79 Å². The highest BCUT2D eigenvalue weighted by Crippen LogP contribution is 2.27. The third-order valence-corrected chi connectivity index (χ3v) is 5.32. The Kier molecular flexibility index (Phi) is 5.25. The van der Waals surface area contributed by atoms with Gasteiger partial charge >= 0.3 is 0 Å². The maximum atomic E-state index is 12.7. The SMILES string of the molecule is CC(=O)c1c(C)nn([C@@H](C)CC(=O)N2CCC(c3ncc[nH]3)CC2)c1C. The topological polar surface area (TPSA) is 83.9 Å². The summed E-state index contributed by atoms with van der Waals surface area (Å²) in [6.45, 7) is 8.79. The Bertz CT molecular complexity index is 785. The second kappa shape index (κ2) is 7.43. The van der Waals surface area contributed by atoms with Gasteiger partial charge in [0.25, 0.3) is 0 Å². The van der Waals surface area contributed by atoms with Crippen LogP contribution in [0.2, 0.25) is 0 Å². The largest absolute Gasteiger partial charge is 0.348 e. The minimum absolute atomic E-state index is 0.0183. The molecule has 0 radical (unpaired) electrons. The number of aromatic amines is 1. The molecule has 7 heteroatoms. The molecule has 3 heterocycles. The van der Waals surface area contributed by atoms with Crippen molar-refractivity contribution in [3.63, 3.8) is 0 Å². The molecule has 1 aliphatic rings. The van der Waals surface area contributed by atoms with Gasteiger partial charge in [0.05, 0.1) is 17.3 Å². The number of aromatic nitrogens is 4. The van der Waals surface area contributed by atoms with Gasteiger partial charge in [-0.05, 0) is 40.5 Å². The first-order valence-electron chi connectivity index (χ1n) is 9.22. The molecule has 140 valence electrons. The Morgan fingerprint density at radius 1 is 1.31 bits per heavy atom. The molecule has 1 amide bonds. The summed E-state index contributed by atoms with van der Waals surface area (Å²) in [7, 11) is 0. The van der Waals surface area contributed by atoms with Gasteiger partial charge in [0, 0.05) is 43.5 Å². The van der Waals surface area contributed by atoms with Gasteiger partial charge in [0.15, 0.2) is 5.78 Å². The number of carbonyl (C=O) groups is 2. The molecule has 1 atom stereocenters. The van der Waals surface area contributed by atoms with E-state index in [-0.39, 0.29) is 17.7 Å². The van der Waals surface area contributed by atoms with Crippen LogP contribution in [0.25, 0.3) is 0 Å². The Morgan fingerprint density at radius 2 is 2.00 bits per heavy atom. The zero-order chi connectivity index (χ0) is 18.8. The molecule has 1 aliphatic heterocycles. The van der Waals surface area contributed by atoms with Gasteiger partial charge in [-0.1, -0.05) is 0 Å². The van der Waals surface area contributed by atoms with Crippen LogP contribution in [-0.4, -0.2) is 49.4 Å². The second-order valence-electron chi connectivity index (χ2n) is 7.23. The molecule has 2 aromatic rings. The van der Waals surface area contributed by atoms with E-state index in [2.05, 4.69) is 15.1 Å². The van der Waals surface area contributed by atoms with Crippen molar-refractivity contribution >= 4 is 11.7 Å². The van der Waals surface area contributed by atoms with Crippen molar-refractivity contribution in [2.45, 2.75) is 58.9 Å². The summed E-state index contributed by atoms with van der Waals surface area (Å²) >= 11 is 0. The molecule has 26 heavy (non-hydrogen) atoms. The molecule has 0 unspecified atom stereocenters. The smallest absolute Gasteiger partial charge is 0.224 e. The minimum Gasteiger partial charge on any atom is -0.348 e. The maximum Gasteiger partial charge on any atom is 0.224 e. The van der Waals surface area contributed by atoms with Crippen molar-refractivity contribution in [3.05, 3.63) is 35.2 Å². The predicted molar refractivity (Wildman–Crippen MR) is 98.2 cm³/mol. The van der Waals surface area contributed by atoms with Gasteiger partial charge in [-0.2, -0.15) is 5.10 Å². The average molecular weight is 357 g/mol. The Hall–Kier alpha value is -2.44. The normalized spacial score (nSPS) is 16.7. The number of likely N-dealkylation sites (tertiary alicyclic amines) is 1. The Labute approximate surface area is 153 Å². The lowest BCUT2D eigenvalue weighted by Gasteiger charge is -2.32. The first kappa shape index (κ1) is 18.4. The van der Waals surface area contributed by atoms with Crippen LogP contribution in [0.4, 0.5) is 0 Å². The summed E-state index contributed by atoms with van der Waals surface area (Å²) in [6.07, 6.45) is 5.88. The lowest BCUT2D eigenvalue weighted by atomic mass is 9.96. The number of nitrogens with zero attached hydrogens (tertiary/aromatic N) is 4.